The summed E-state index contributed by atoms with van der Waals surface area (Å²) in [4.78, 5) is 43.2. The first-order valence-electron chi connectivity index (χ1n) is 13.7. The molecular weight excluding hydrogens is 558 g/mol. The normalized spacial score (nSPS) is 15.0. The molecule has 0 spiro atoms. The SMILES string of the molecule is COc1cc(C2C(C(=O)OCC(C)C)=C(C)N=c3sc(=Cc4cccc([N+](=O)[O-])c4)c(=O)n32)ccc1OCCC(C)C. The van der Waals surface area contributed by atoms with Gasteiger partial charge in [-0.1, -0.05) is 57.2 Å². The highest BCUT2D eigenvalue weighted by Gasteiger charge is 2.34. The number of hydrogen-bond acceptors (Lipinski definition) is 9. The number of esters is 1. The monoisotopic (exact) mass is 593 g/mol. The summed E-state index contributed by atoms with van der Waals surface area (Å²) in [5.41, 5.74) is 1.35. The number of thiazole rings is 1. The minimum Gasteiger partial charge on any atom is -0.493 e. The van der Waals surface area contributed by atoms with E-state index < -0.39 is 16.9 Å². The quantitative estimate of drug-likeness (QED) is 0.178. The number of nitrogens with zero attached hydrogens (tertiary/aromatic N) is 3. The first-order valence-corrected chi connectivity index (χ1v) is 14.6. The largest absolute Gasteiger partial charge is 0.493 e. The van der Waals surface area contributed by atoms with Gasteiger partial charge in [-0.3, -0.25) is 19.5 Å². The lowest BCUT2D eigenvalue weighted by Gasteiger charge is -2.25. The van der Waals surface area contributed by atoms with Gasteiger partial charge in [0.1, 0.15) is 0 Å². The zero-order valence-electron chi connectivity index (χ0n) is 24.6. The molecule has 222 valence electrons. The number of nitro benzene ring substituents is 1. The number of rotatable bonds is 11. The van der Waals surface area contributed by atoms with E-state index in [4.69, 9.17) is 14.2 Å². The summed E-state index contributed by atoms with van der Waals surface area (Å²) in [6.07, 6.45) is 2.47. The number of non-ortho nitro benzene ring substituents is 1. The molecule has 0 N–H and O–H groups in total. The van der Waals surface area contributed by atoms with Crippen molar-refractivity contribution in [3.05, 3.63) is 94.7 Å². The fraction of sp³-hybridized carbons (Fsp3) is 0.387. The van der Waals surface area contributed by atoms with E-state index in [1.807, 2.05) is 19.9 Å². The van der Waals surface area contributed by atoms with Crippen molar-refractivity contribution in [1.29, 1.82) is 0 Å². The van der Waals surface area contributed by atoms with Crippen LogP contribution in [-0.2, 0) is 9.53 Å². The van der Waals surface area contributed by atoms with Crippen LogP contribution in [0, 0.1) is 22.0 Å². The zero-order chi connectivity index (χ0) is 30.6. The van der Waals surface area contributed by atoms with Crippen LogP contribution in [0.2, 0.25) is 0 Å². The lowest BCUT2D eigenvalue weighted by molar-refractivity contribution is -0.384. The van der Waals surface area contributed by atoms with Crippen molar-refractivity contribution in [3.63, 3.8) is 0 Å². The molecule has 1 aliphatic heterocycles. The van der Waals surface area contributed by atoms with Crippen molar-refractivity contribution < 1.29 is 23.9 Å². The van der Waals surface area contributed by atoms with Gasteiger partial charge in [0.05, 0.1) is 47.1 Å². The number of allylic oxidation sites excluding steroid dienone is 1. The highest BCUT2D eigenvalue weighted by molar-refractivity contribution is 7.07. The lowest BCUT2D eigenvalue weighted by Crippen LogP contribution is -2.40. The second-order valence-electron chi connectivity index (χ2n) is 10.9. The molecule has 0 saturated heterocycles. The Bertz CT molecular complexity index is 1700. The summed E-state index contributed by atoms with van der Waals surface area (Å²) < 4.78 is 19.0. The van der Waals surface area contributed by atoms with E-state index in [0.717, 1.165) is 17.8 Å². The van der Waals surface area contributed by atoms with Crippen LogP contribution >= 0.6 is 11.3 Å². The Labute approximate surface area is 247 Å². The van der Waals surface area contributed by atoms with E-state index in [9.17, 15) is 19.7 Å². The Kier molecular flexibility index (Phi) is 9.62. The molecule has 3 aromatic rings. The first kappa shape index (κ1) is 30.7. The smallest absolute Gasteiger partial charge is 0.338 e. The lowest BCUT2D eigenvalue weighted by atomic mass is 9.95. The molecule has 1 aromatic heterocycles. The predicted octanol–water partition coefficient (Wildman–Crippen LogP) is 4.78. The van der Waals surface area contributed by atoms with Crippen LogP contribution in [0.25, 0.3) is 6.08 Å². The molecule has 10 nitrogen and oxygen atoms in total. The van der Waals surface area contributed by atoms with Gasteiger partial charge in [0.25, 0.3) is 11.2 Å². The number of methoxy groups -OCH3 is 1. The van der Waals surface area contributed by atoms with E-state index in [2.05, 4.69) is 18.8 Å². The molecule has 0 amide bonds. The summed E-state index contributed by atoms with van der Waals surface area (Å²) in [6.45, 7) is 10.6. The Balaban J connectivity index is 1.86. The van der Waals surface area contributed by atoms with Crippen molar-refractivity contribution in [2.75, 3.05) is 20.3 Å². The highest BCUT2D eigenvalue weighted by Crippen LogP contribution is 2.36. The van der Waals surface area contributed by atoms with Crippen molar-refractivity contribution in [2.24, 2.45) is 16.8 Å². The second kappa shape index (κ2) is 13.2. The first-order chi connectivity index (χ1) is 20.0. The predicted molar refractivity (Wildman–Crippen MR) is 161 cm³/mol. The maximum atomic E-state index is 13.9. The summed E-state index contributed by atoms with van der Waals surface area (Å²) in [7, 11) is 1.54. The Morgan fingerprint density at radius 1 is 1.14 bits per heavy atom. The topological polar surface area (TPSA) is 122 Å². The number of hydrogen-bond donors (Lipinski definition) is 0. The van der Waals surface area contributed by atoms with Gasteiger partial charge in [-0.25, -0.2) is 9.79 Å². The van der Waals surface area contributed by atoms with Crippen molar-refractivity contribution in [1.82, 2.24) is 4.57 Å². The van der Waals surface area contributed by atoms with E-state index in [1.54, 1.807) is 37.3 Å². The number of nitro groups is 1. The fourth-order valence-corrected chi connectivity index (χ4v) is 5.52. The maximum absolute atomic E-state index is 13.9. The molecule has 1 unspecified atom stereocenters. The van der Waals surface area contributed by atoms with Crippen LogP contribution in [0.5, 0.6) is 11.5 Å². The van der Waals surface area contributed by atoms with Gasteiger partial charge in [-0.15, -0.1) is 0 Å². The van der Waals surface area contributed by atoms with Crippen LogP contribution in [0.1, 0.15) is 58.2 Å². The fourth-order valence-electron chi connectivity index (χ4n) is 4.48. The molecule has 0 saturated carbocycles. The summed E-state index contributed by atoms with van der Waals surface area (Å²) >= 11 is 1.15. The number of benzene rings is 2. The molecule has 1 atom stereocenters. The van der Waals surface area contributed by atoms with Gasteiger partial charge in [-0.05, 0) is 54.5 Å². The minimum absolute atomic E-state index is 0.0803. The van der Waals surface area contributed by atoms with Crippen molar-refractivity contribution in [2.45, 2.75) is 47.1 Å². The highest BCUT2D eigenvalue weighted by atomic mass is 32.1. The second-order valence-corrected chi connectivity index (χ2v) is 11.9. The number of fused-ring (bicyclic) bond motifs is 1. The molecule has 2 heterocycles. The average molecular weight is 594 g/mol. The molecule has 42 heavy (non-hydrogen) atoms. The van der Waals surface area contributed by atoms with Crippen LogP contribution in [0.15, 0.2) is 63.5 Å². The van der Waals surface area contributed by atoms with E-state index in [0.29, 0.717) is 50.2 Å². The van der Waals surface area contributed by atoms with Crippen LogP contribution < -0.4 is 24.4 Å². The minimum atomic E-state index is -0.841. The number of carbonyl (C=O) groups is 1. The van der Waals surface area contributed by atoms with E-state index in [-0.39, 0.29) is 29.3 Å². The molecule has 4 rings (SSSR count). The summed E-state index contributed by atoms with van der Waals surface area (Å²) in [5, 5.41) is 11.3. The van der Waals surface area contributed by atoms with Gasteiger partial charge in [-0.2, -0.15) is 0 Å². The van der Waals surface area contributed by atoms with E-state index >= 15 is 0 Å². The van der Waals surface area contributed by atoms with E-state index in [1.165, 1.54) is 23.8 Å². The number of carbonyl (C=O) groups excluding carboxylic acids is 1. The van der Waals surface area contributed by atoms with Crippen LogP contribution in [0.3, 0.4) is 0 Å². The maximum Gasteiger partial charge on any atom is 0.338 e. The molecule has 0 bridgehead atoms. The third kappa shape index (κ3) is 6.79. The Hall–Kier alpha value is -4.25. The molecule has 1 aliphatic rings. The summed E-state index contributed by atoms with van der Waals surface area (Å²) in [5.74, 6) is 1.07. The van der Waals surface area contributed by atoms with Gasteiger partial charge in [0.15, 0.2) is 16.3 Å². The van der Waals surface area contributed by atoms with Gasteiger partial charge < -0.3 is 14.2 Å². The van der Waals surface area contributed by atoms with Gasteiger partial charge in [0, 0.05) is 12.1 Å². The molecular formula is C31H35N3O7S. The van der Waals surface area contributed by atoms with Crippen LogP contribution in [0.4, 0.5) is 5.69 Å². The molecule has 0 aliphatic carbocycles. The Morgan fingerprint density at radius 2 is 1.90 bits per heavy atom. The number of aromatic nitrogens is 1. The average Bonchev–Trinajstić information content (AvgIpc) is 3.24. The third-order valence-corrected chi connectivity index (χ3v) is 7.61. The Morgan fingerprint density at radius 3 is 2.57 bits per heavy atom. The summed E-state index contributed by atoms with van der Waals surface area (Å²) in [6, 6.07) is 10.6. The molecule has 0 radical (unpaired) electrons. The van der Waals surface area contributed by atoms with Gasteiger partial charge >= 0.3 is 5.97 Å². The van der Waals surface area contributed by atoms with Crippen molar-refractivity contribution in [3.8, 4) is 11.5 Å². The molecule has 11 heteroatoms. The number of ether oxygens (including phenoxy) is 3. The standard InChI is InChI=1S/C31H35N3O7S/c1-18(2)12-13-40-24-11-10-22(16-25(24)39-6)28-27(30(36)41-17-19(3)4)20(5)32-31-33(28)29(35)26(42-31)15-21-8-7-9-23(14-21)34(37)38/h7-11,14-16,18-19,28H,12-13,17H2,1-6H3. The third-order valence-electron chi connectivity index (χ3n) is 6.62. The van der Waals surface area contributed by atoms with Crippen molar-refractivity contribution >= 4 is 29.1 Å². The molecule has 2 aromatic carbocycles. The molecule has 0 fully saturated rings. The van der Waals surface area contributed by atoms with Crippen LogP contribution in [-0.4, -0.2) is 35.8 Å². The zero-order valence-corrected chi connectivity index (χ0v) is 25.4. The van der Waals surface area contributed by atoms with Gasteiger partial charge in [0.2, 0.25) is 0 Å².